The zero-order valence-corrected chi connectivity index (χ0v) is 38.7. The van der Waals surface area contributed by atoms with E-state index in [9.17, 15) is 0 Å². The number of hydrogen-bond acceptors (Lipinski definition) is 3. The van der Waals surface area contributed by atoms with Crippen LogP contribution in [0.15, 0.2) is 279 Å². The van der Waals surface area contributed by atoms with Crippen molar-refractivity contribution in [3.05, 3.63) is 279 Å². The van der Waals surface area contributed by atoms with Crippen molar-refractivity contribution >= 4 is 65.6 Å². The SMILES string of the molecule is c1ccc(-c2ccc(N(c3ccccc3-c3cccc(N(c4ccccc4-c4ccccc4)c4ccccc4-c4ccccc4)c3)c3cccc4c3sc3c(-c5ccccc5)cccc34)cc2)cc1. The molecule has 0 bridgehead atoms. The monoisotopic (exact) mass is 898 g/mol. The van der Waals surface area contributed by atoms with Gasteiger partial charge in [-0.05, 0) is 87.5 Å². The maximum atomic E-state index is 2.48. The van der Waals surface area contributed by atoms with Crippen molar-refractivity contribution in [3.63, 3.8) is 0 Å². The fourth-order valence-electron chi connectivity index (χ4n) is 9.86. The second-order valence-electron chi connectivity index (χ2n) is 17.2. The quantitative estimate of drug-likeness (QED) is 0.128. The molecule has 0 spiro atoms. The fourth-order valence-corrected chi connectivity index (χ4v) is 11.2. The van der Waals surface area contributed by atoms with Gasteiger partial charge in [0.15, 0.2) is 0 Å². The van der Waals surface area contributed by atoms with Crippen molar-refractivity contribution in [1.82, 2.24) is 0 Å². The summed E-state index contributed by atoms with van der Waals surface area (Å²) in [5.41, 5.74) is 18.3. The lowest BCUT2D eigenvalue weighted by Gasteiger charge is -2.31. The molecule has 69 heavy (non-hydrogen) atoms. The van der Waals surface area contributed by atoms with Crippen LogP contribution < -0.4 is 9.80 Å². The highest BCUT2D eigenvalue weighted by molar-refractivity contribution is 7.27. The van der Waals surface area contributed by atoms with Crippen LogP contribution in [0.25, 0.3) is 75.8 Å². The zero-order valence-electron chi connectivity index (χ0n) is 37.9. The second kappa shape index (κ2) is 18.5. The molecule has 11 aromatic carbocycles. The summed E-state index contributed by atoms with van der Waals surface area (Å²) in [4.78, 5) is 4.92. The van der Waals surface area contributed by atoms with Gasteiger partial charge in [-0.1, -0.05) is 231 Å². The first kappa shape index (κ1) is 41.7. The van der Waals surface area contributed by atoms with E-state index in [4.69, 9.17) is 0 Å². The van der Waals surface area contributed by atoms with Crippen LogP contribution in [0.5, 0.6) is 0 Å². The molecule has 0 saturated heterocycles. The summed E-state index contributed by atoms with van der Waals surface area (Å²) in [5, 5.41) is 2.52. The molecule has 0 amide bonds. The second-order valence-corrected chi connectivity index (χ2v) is 18.2. The van der Waals surface area contributed by atoms with Gasteiger partial charge in [0.2, 0.25) is 0 Å². The average Bonchev–Trinajstić information content (AvgIpc) is 3.83. The van der Waals surface area contributed by atoms with Crippen LogP contribution in [-0.4, -0.2) is 0 Å². The van der Waals surface area contributed by atoms with Crippen LogP contribution in [0.2, 0.25) is 0 Å². The normalized spacial score (nSPS) is 11.2. The van der Waals surface area contributed by atoms with Gasteiger partial charge in [0.1, 0.15) is 0 Å². The highest BCUT2D eigenvalue weighted by Gasteiger charge is 2.24. The van der Waals surface area contributed by atoms with E-state index < -0.39 is 0 Å². The minimum absolute atomic E-state index is 1.06. The van der Waals surface area contributed by atoms with Gasteiger partial charge in [-0.25, -0.2) is 0 Å². The maximum Gasteiger partial charge on any atom is 0.0640 e. The summed E-state index contributed by atoms with van der Waals surface area (Å²) in [6, 6.07) is 101. The highest BCUT2D eigenvalue weighted by atomic mass is 32.1. The molecular formula is C66H46N2S. The van der Waals surface area contributed by atoms with Gasteiger partial charge >= 0.3 is 0 Å². The molecule has 0 aliphatic carbocycles. The molecule has 0 fully saturated rings. The topological polar surface area (TPSA) is 6.48 Å². The van der Waals surface area contributed by atoms with Crippen molar-refractivity contribution in [2.45, 2.75) is 0 Å². The number of anilines is 6. The van der Waals surface area contributed by atoms with Crippen LogP contribution in [0, 0.1) is 0 Å². The number of thiophene rings is 1. The Morgan fingerprint density at radius 3 is 1.13 bits per heavy atom. The Hall–Kier alpha value is -8.76. The van der Waals surface area contributed by atoms with Crippen LogP contribution >= 0.6 is 11.3 Å². The van der Waals surface area contributed by atoms with Crippen LogP contribution in [0.4, 0.5) is 34.1 Å². The molecule has 12 rings (SSSR count). The third-order valence-electron chi connectivity index (χ3n) is 13.1. The Morgan fingerprint density at radius 2 is 0.580 bits per heavy atom. The van der Waals surface area contributed by atoms with E-state index in [2.05, 4.69) is 289 Å². The number of rotatable bonds is 11. The minimum Gasteiger partial charge on any atom is -0.309 e. The van der Waals surface area contributed by atoms with Crippen molar-refractivity contribution in [3.8, 4) is 55.6 Å². The molecule has 0 aliphatic rings. The predicted octanol–water partition coefficient (Wildman–Crippen LogP) is 19.3. The molecule has 12 aromatic rings. The summed E-state index contributed by atoms with van der Waals surface area (Å²) >= 11 is 1.88. The van der Waals surface area contributed by atoms with Gasteiger partial charge < -0.3 is 9.80 Å². The van der Waals surface area contributed by atoms with Gasteiger partial charge in [-0.3, -0.25) is 0 Å². The van der Waals surface area contributed by atoms with E-state index in [-0.39, 0.29) is 0 Å². The van der Waals surface area contributed by atoms with E-state index in [1.165, 1.54) is 42.4 Å². The molecule has 1 aromatic heterocycles. The third-order valence-corrected chi connectivity index (χ3v) is 14.4. The number of para-hydroxylation sites is 3. The Kier molecular flexibility index (Phi) is 11.2. The molecule has 0 radical (unpaired) electrons. The van der Waals surface area contributed by atoms with Gasteiger partial charge in [-0.2, -0.15) is 0 Å². The summed E-state index contributed by atoms with van der Waals surface area (Å²) in [6.45, 7) is 0. The first-order valence-electron chi connectivity index (χ1n) is 23.5. The molecule has 2 nitrogen and oxygen atoms in total. The van der Waals surface area contributed by atoms with Crippen molar-refractivity contribution in [2.75, 3.05) is 9.80 Å². The Bertz CT molecular complexity index is 3630. The molecule has 3 heteroatoms. The van der Waals surface area contributed by atoms with Gasteiger partial charge in [0.05, 0.1) is 27.4 Å². The standard InChI is InChI=1S/C66H46N2S/c1-5-22-47(23-6-1)48-42-44-53(45-43-48)67(64-41-21-37-60-59-36-20-35-58(65(59)69-66(60)64)51-28-11-4-12-29-51)63-40-18-15-34-57(63)52-30-19-31-54(46-52)68(61-38-16-13-32-55(61)49-24-7-2-8-25-49)62-39-17-14-33-56(62)50-26-9-3-10-27-50/h1-46H. The first-order chi connectivity index (χ1) is 34.3. The van der Waals surface area contributed by atoms with E-state index in [0.717, 1.165) is 67.5 Å². The van der Waals surface area contributed by atoms with Crippen LogP contribution in [0.1, 0.15) is 0 Å². The highest BCUT2D eigenvalue weighted by Crippen LogP contribution is 2.50. The largest absolute Gasteiger partial charge is 0.309 e. The molecular weight excluding hydrogens is 853 g/mol. The van der Waals surface area contributed by atoms with Crippen LogP contribution in [-0.2, 0) is 0 Å². The Morgan fingerprint density at radius 1 is 0.217 bits per heavy atom. The van der Waals surface area contributed by atoms with Crippen LogP contribution in [0.3, 0.4) is 0 Å². The average molecular weight is 899 g/mol. The van der Waals surface area contributed by atoms with Crippen molar-refractivity contribution < 1.29 is 0 Å². The summed E-state index contributed by atoms with van der Waals surface area (Å²) < 4.78 is 2.53. The first-order valence-corrected chi connectivity index (χ1v) is 24.3. The lowest BCUT2D eigenvalue weighted by Crippen LogP contribution is -2.13. The van der Waals surface area contributed by atoms with Crippen molar-refractivity contribution in [2.24, 2.45) is 0 Å². The number of benzene rings is 11. The molecule has 0 unspecified atom stereocenters. The third kappa shape index (κ3) is 7.95. The number of nitrogens with zero attached hydrogens (tertiary/aromatic N) is 2. The predicted molar refractivity (Wildman–Crippen MR) is 296 cm³/mol. The molecule has 0 atom stereocenters. The molecule has 0 aliphatic heterocycles. The zero-order chi connectivity index (χ0) is 45.9. The maximum absolute atomic E-state index is 2.48. The Balaban J connectivity index is 1.06. The van der Waals surface area contributed by atoms with Gasteiger partial charge in [0.25, 0.3) is 0 Å². The smallest absolute Gasteiger partial charge is 0.0640 e. The molecule has 326 valence electrons. The number of hydrogen-bond donors (Lipinski definition) is 0. The summed E-state index contributed by atoms with van der Waals surface area (Å²) in [6.07, 6.45) is 0. The minimum atomic E-state index is 1.06. The molecule has 0 N–H and O–H groups in total. The van der Waals surface area contributed by atoms with Gasteiger partial charge in [-0.15, -0.1) is 11.3 Å². The lowest BCUT2D eigenvalue weighted by molar-refractivity contribution is 1.28. The number of fused-ring (bicyclic) bond motifs is 3. The van der Waals surface area contributed by atoms with E-state index in [1.807, 2.05) is 11.3 Å². The molecule has 0 saturated carbocycles. The summed E-state index contributed by atoms with van der Waals surface area (Å²) in [7, 11) is 0. The summed E-state index contributed by atoms with van der Waals surface area (Å²) in [5.74, 6) is 0. The fraction of sp³-hybridized carbons (Fsp3) is 0. The van der Waals surface area contributed by atoms with E-state index in [1.54, 1.807) is 0 Å². The van der Waals surface area contributed by atoms with E-state index >= 15 is 0 Å². The van der Waals surface area contributed by atoms with E-state index in [0.29, 0.717) is 0 Å². The van der Waals surface area contributed by atoms with Crippen molar-refractivity contribution in [1.29, 1.82) is 0 Å². The lowest BCUT2D eigenvalue weighted by atomic mass is 9.97. The Labute approximate surface area is 407 Å². The molecule has 1 heterocycles. The van der Waals surface area contributed by atoms with Gasteiger partial charge in [0, 0.05) is 43.5 Å².